The molecule has 0 spiro atoms. The van der Waals surface area contributed by atoms with Crippen molar-refractivity contribution in [2.45, 2.75) is 12.8 Å². The molecule has 0 radical (unpaired) electrons. The van der Waals surface area contributed by atoms with E-state index in [1.54, 1.807) is 6.20 Å². The predicted octanol–water partition coefficient (Wildman–Crippen LogP) is 1.36. The zero-order chi connectivity index (χ0) is 6.81. The van der Waals surface area contributed by atoms with Crippen molar-refractivity contribution in [2.75, 3.05) is 11.9 Å². The lowest BCUT2D eigenvalue weighted by Gasteiger charge is -1.96. The van der Waals surface area contributed by atoms with Crippen molar-refractivity contribution in [3.8, 4) is 0 Å². The fourth-order valence-electron chi connectivity index (χ4n) is 0.812. The van der Waals surface area contributed by atoms with Gasteiger partial charge in [-0.1, -0.05) is 4.49 Å². The Morgan fingerprint density at radius 1 is 1.70 bits per heavy atom. The Kier molecular flexibility index (Phi) is 1.55. The lowest BCUT2D eigenvalue weighted by molar-refractivity contribution is 0.891. The van der Waals surface area contributed by atoms with Gasteiger partial charge in [0.25, 0.3) is 0 Å². The molecular weight excluding hydrogens is 146 g/mol. The molecule has 0 bridgehead atoms. The molecule has 0 unspecified atom stereocenters. The van der Waals surface area contributed by atoms with E-state index >= 15 is 0 Å². The van der Waals surface area contributed by atoms with Crippen LogP contribution in [0.15, 0.2) is 6.20 Å². The van der Waals surface area contributed by atoms with Crippen molar-refractivity contribution in [1.29, 1.82) is 0 Å². The Morgan fingerprint density at radius 2 is 2.60 bits per heavy atom. The van der Waals surface area contributed by atoms with Gasteiger partial charge in [0.2, 0.25) is 0 Å². The van der Waals surface area contributed by atoms with E-state index in [0.717, 1.165) is 17.5 Å². The van der Waals surface area contributed by atoms with E-state index in [4.69, 9.17) is 0 Å². The molecule has 54 valence electrons. The molecule has 1 heterocycles. The van der Waals surface area contributed by atoms with Crippen LogP contribution in [0.5, 0.6) is 0 Å². The third-order valence-corrected chi connectivity index (χ3v) is 2.25. The molecule has 1 fully saturated rings. The van der Waals surface area contributed by atoms with Crippen LogP contribution in [0.4, 0.5) is 5.00 Å². The van der Waals surface area contributed by atoms with E-state index in [1.807, 2.05) is 0 Å². The first-order valence-electron chi connectivity index (χ1n) is 3.46. The molecule has 0 atom stereocenters. The molecule has 1 saturated carbocycles. The summed E-state index contributed by atoms with van der Waals surface area (Å²) in [6.45, 7) is 1.10. The van der Waals surface area contributed by atoms with Gasteiger partial charge < -0.3 is 5.32 Å². The highest BCUT2D eigenvalue weighted by atomic mass is 32.1. The fourth-order valence-corrected chi connectivity index (χ4v) is 1.24. The van der Waals surface area contributed by atoms with Gasteiger partial charge in [0.15, 0.2) is 0 Å². The van der Waals surface area contributed by atoms with Crippen molar-refractivity contribution in [3.05, 3.63) is 6.20 Å². The third-order valence-electron chi connectivity index (χ3n) is 1.62. The van der Waals surface area contributed by atoms with Crippen LogP contribution in [-0.4, -0.2) is 16.1 Å². The first kappa shape index (κ1) is 6.09. The largest absolute Gasteiger partial charge is 0.374 e. The van der Waals surface area contributed by atoms with Crippen LogP contribution >= 0.6 is 11.5 Å². The Hall–Kier alpha value is -0.640. The minimum atomic E-state index is 0.919. The van der Waals surface area contributed by atoms with Gasteiger partial charge in [-0.2, -0.15) is 0 Å². The zero-order valence-corrected chi connectivity index (χ0v) is 6.40. The first-order valence-corrected chi connectivity index (χ1v) is 4.24. The second kappa shape index (κ2) is 2.54. The van der Waals surface area contributed by atoms with Gasteiger partial charge in [-0.05, 0) is 18.8 Å². The average molecular weight is 155 g/mol. The summed E-state index contributed by atoms with van der Waals surface area (Å²) < 4.78 is 3.75. The normalized spacial score (nSPS) is 17.2. The highest BCUT2D eigenvalue weighted by Crippen LogP contribution is 2.29. The Labute approximate surface area is 63.6 Å². The average Bonchev–Trinajstić information content (AvgIpc) is 2.63. The molecule has 2 rings (SSSR count). The molecule has 0 aliphatic heterocycles. The van der Waals surface area contributed by atoms with E-state index < -0.39 is 0 Å². The number of hydrogen-bond donors (Lipinski definition) is 1. The van der Waals surface area contributed by atoms with Crippen LogP contribution in [0.25, 0.3) is 0 Å². The monoisotopic (exact) mass is 155 g/mol. The summed E-state index contributed by atoms with van der Waals surface area (Å²) in [6.07, 6.45) is 4.55. The van der Waals surface area contributed by atoms with Crippen LogP contribution in [0.3, 0.4) is 0 Å². The van der Waals surface area contributed by atoms with E-state index in [1.165, 1.54) is 24.4 Å². The van der Waals surface area contributed by atoms with Gasteiger partial charge in [0, 0.05) is 18.1 Å². The Bertz CT molecular complexity index is 193. The van der Waals surface area contributed by atoms with Crippen molar-refractivity contribution < 1.29 is 0 Å². The zero-order valence-electron chi connectivity index (χ0n) is 5.58. The number of nitrogens with zero attached hydrogens (tertiary/aromatic N) is 2. The van der Waals surface area contributed by atoms with Crippen LogP contribution < -0.4 is 5.32 Å². The molecular formula is C6H9N3S. The molecule has 3 nitrogen and oxygen atoms in total. The molecule has 1 aromatic rings. The van der Waals surface area contributed by atoms with Crippen LogP contribution in [0.1, 0.15) is 12.8 Å². The summed E-state index contributed by atoms with van der Waals surface area (Å²) in [6, 6.07) is 0. The van der Waals surface area contributed by atoms with E-state index in [-0.39, 0.29) is 0 Å². The summed E-state index contributed by atoms with van der Waals surface area (Å²) in [5.41, 5.74) is 0. The van der Waals surface area contributed by atoms with Crippen molar-refractivity contribution >= 4 is 16.5 Å². The van der Waals surface area contributed by atoms with Gasteiger partial charge in [0.05, 0.1) is 6.20 Å². The molecule has 1 aliphatic carbocycles. The van der Waals surface area contributed by atoms with Gasteiger partial charge >= 0.3 is 0 Å². The van der Waals surface area contributed by atoms with Gasteiger partial charge in [-0.15, -0.1) is 5.10 Å². The maximum atomic E-state index is 3.75. The van der Waals surface area contributed by atoms with E-state index in [2.05, 4.69) is 14.9 Å². The molecule has 1 aromatic heterocycles. The SMILES string of the molecule is c1nnsc1NCC1CC1. The maximum Gasteiger partial charge on any atom is 0.130 e. The highest BCUT2D eigenvalue weighted by Gasteiger charge is 2.20. The Morgan fingerprint density at radius 3 is 3.20 bits per heavy atom. The smallest absolute Gasteiger partial charge is 0.130 e. The molecule has 1 N–H and O–H groups in total. The second-order valence-electron chi connectivity index (χ2n) is 2.61. The minimum Gasteiger partial charge on any atom is -0.374 e. The molecule has 10 heavy (non-hydrogen) atoms. The molecule has 4 heteroatoms. The summed E-state index contributed by atoms with van der Waals surface area (Å²) >= 11 is 1.42. The minimum absolute atomic E-state index is 0.919. The van der Waals surface area contributed by atoms with E-state index in [9.17, 15) is 0 Å². The number of nitrogens with one attached hydrogen (secondary N) is 1. The molecule has 0 saturated heterocycles. The lowest BCUT2D eigenvalue weighted by Crippen LogP contribution is -2.00. The summed E-state index contributed by atoms with van der Waals surface area (Å²) in [5, 5.41) is 8.10. The topological polar surface area (TPSA) is 37.8 Å². The van der Waals surface area contributed by atoms with Gasteiger partial charge in [-0.3, -0.25) is 0 Å². The standard InChI is InChI=1S/C6H9N3S/c1-2-5(1)3-7-6-4-8-9-10-6/h4-5,7H,1-3H2. The summed E-state index contributed by atoms with van der Waals surface area (Å²) in [5.74, 6) is 0.919. The van der Waals surface area contributed by atoms with Crippen LogP contribution in [0.2, 0.25) is 0 Å². The molecule has 1 aliphatic rings. The predicted molar refractivity (Wildman–Crippen MR) is 41.1 cm³/mol. The maximum absolute atomic E-state index is 3.75. The summed E-state index contributed by atoms with van der Waals surface area (Å²) in [4.78, 5) is 0. The molecule has 0 aromatic carbocycles. The van der Waals surface area contributed by atoms with Crippen molar-refractivity contribution in [3.63, 3.8) is 0 Å². The lowest BCUT2D eigenvalue weighted by atomic mass is 10.4. The summed E-state index contributed by atoms with van der Waals surface area (Å²) in [7, 11) is 0. The van der Waals surface area contributed by atoms with Crippen LogP contribution in [-0.2, 0) is 0 Å². The van der Waals surface area contributed by atoms with Crippen molar-refractivity contribution in [2.24, 2.45) is 5.92 Å². The number of rotatable bonds is 3. The molecule has 0 amide bonds. The van der Waals surface area contributed by atoms with Crippen LogP contribution in [0, 0.1) is 5.92 Å². The number of aromatic nitrogens is 2. The number of anilines is 1. The highest BCUT2D eigenvalue weighted by molar-refractivity contribution is 7.09. The second-order valence-corrected chi connectivity index (χ2v) is 3.39. The van der Waals surface area contributed by atoms with E-state index in [0.29, 0.717) is 0 Å². The van der Waals surface area contributed by atoms with Crippen molar-refractivity contribution in [1.82, 2.24) is 9.59 Å². The fraction of sp³-hybridized carbons (Fsp3) is 0.667. The first-order chi connectivity index (χ1) is 4.95. The third kappa shape index (κ3) is 1.44. The number of hydrogen-bond acceptors (Lipinski definition) is 4. The Balaban J connectivity index is 1.79. The quantitative estimate of drug-likeness (QED) is 0.716. The van der Waals surface area contributed by atoms with Gasteiger partial charge in [0.1, 0.15) is 5.00 Å². The van der Waals surface area contributed by atoms with Gasteiger partial charge in [-0.25, -0.2) is 0 Å².